The van der Waals surface area contributed by atoms with Crippen molar-refractivity contribution in [3.8, 4) is 0 Å². The third kappa shape index (κ3) is 2.08. The van der Waals surface area contributed by atoms with Gasteiger partial charge in [0.1, 0.15) is 0 Å². The van der Waals surface area contributed by atoms with Crippen LogP contribution in [-0.2, 0) is 6.54 Å². The van der Waals surface area contributed by atoms with Gasteiger partial charge in [-0.05, 0) is 60.9 Å². The average Bonchev–Trinajstić information content (AvgIpc) is 3.18. The Labute approximate surface area is 102 Å². The predicted octanol–water partition coefficient (Wildman–Crippen LogP) is 1.53. The van der Waals surface area contributed by atoms with Gasteiger partial charge >= 0.3 is 0 Å². The Bertz CT molecular complexity index is 391. The van der Waals surface area contributed by atoms with Crippen molar-refractivity contribution < 1.29 is 0 Å². The molecule has 2 aliphatic rings. The molecule has 2 saturated carbocycles. The van der Waals surface area contributed by atoms with Gasteiger partial charge in [-0.15, -0.1) is 5.10 Å². The maximum Gasteiger partial charge on any atom is 0.167 e. The Morgan fingerprint density at radius 3 is 2.82 bits per heavy atom. The van der Waals surface area contributed by atoms with Crippen LogP contribution < -0.4 is 5.32 Å². The molecular formula is C12H21N5. The first kappa shape index (κ1) is 11.1. The van der Waals surface area contributed by atoms with E-state index in [9.17, 15) is 0 Å². The summed E-state index contributed by atoms with van der Waals surface area (Å²) in [7, 11) is 0. The monoisotopic (exact) mass is 235 g/mol. The SMILES string of the molecule is CCNC(C)c1nnnn1CC1(C2CC2)CC1. The number of hydrogen-bond acceptors (Lipinski definition) is 4. The highest BCUT2D eigenvalue weighted by Crippen LogP contribution is 2.62. The fourth-order valence-corrected chi connectivity index (χ4v) is 2.88. The molecule has 1 aromatic heterocycles. The zero-order chi connectivity index (χ0) is 11.9. The van der Waals surface area contributed by atoms with Crippen LogP contribution in [-0.4, -0.2) is 26.8 Å². The molecule has 0 amide bonds. The second-order valence-corrected chi connectivity index (χ2v) is 5.61. The quantitative estimate of drug-likeness (QED) is 0.812. The van der Waals surface area contributed by atoms with E-state index in [0.29, 0.717) is 5.41 Å². The molecule has 0 saturated heterocycles. The summed E-state index contributed by atoms with van der Waals surface area (Å²) in [5.41, 5.74) is 0.552. The predicted molar refractivity (Wildman–Crippen MR) is 64.3 cm³/mol. The molecule has 1 N–H and O–H groups in total. The van der Waals surface area contributed by atoms with Gasteiger partial charge in [0, 0.05) is 0 Å². The van der Waals surface area contributed by atoms with E-state index < -0.39 is 0 Å². The number of tetrazole rings is 1. The van der Waals surface area contributed by atoms with Gasteiger partial charge in [0.25, 0.3) is 0 Å². The Balaban J connectivity index is 1.72. The summed E-state index contributed by atoms with van der Waals surface area (Å²) in [5.74, 6) is 1.94. The Kier molecular flexibility index (Phi) is 2.65. The fraction of sp³-hybridized carbons (Fsp3) is 0.917. The van der Waals surface area contributed by atoms with Crippen LogP contribution in [0.4, 0.5) is 0 Å². The smallest absolute Gasteiger partial charge is 0.167 e. The minimum atomic E-state index is 0.241. The third-order valence-corrected chi connectivity index (χ3v) is 4.26. The molecule has 1 unspecified atom stereocenters. The van der Waals surface area contributed by atoms with Crippen LogP contribution in [0.5, 0.6) is 0 Å². The molecule has 0 radical (unpaired) electrons. The molecule has 0 spiro atoms. The molecule has 0 aliphatic heterocycles. The van der Waals surface area contributed by atoms with E-state index >= 15 is 0 Å². The Morgan fingerprint density at radius 2 is 2.24 bits per heavy atom. The zero-order valence-electron chi connectivity index (χ0n) is 10.7. The van der Waals surface area contributed by atoms with E-state index in [4.69, 9.17) is 0 Å². The van der Waals surface area contributed by atoms with Gasteiger partial charge in [0.05, 0.1) is 12.6 Å². The maximum absolute atomic E-state index is 4.17. The highest BCUT2D eigenvalue weighted by molar-refractivity contribution is 5.04. The van der Waals surface area contributed by atoms with E-state index in [1.165, 1.54) is 25.7 Å². The first-order valence-corrected chi connectivity index (χ1v) is 6.74. The lowest BCUT2D eigenvalue weighted by atomic mass is 10.0. The molecule has 2 fully saturated rings. The standard InChI is InChI=1S/C12H21N5/c1-3-13-9(2)11-14-15-16-17(11)8-12(6-7-12)10-4-5-10/h9-10,13H,3-8H2,1-2H3. The van der Waals surface area contributed by atoms with Crippen molar-refractivity contribution in [3.63, 3.8) is 0 Å². The van der Waals surface area contributed by atoms with Crippen LogP contribution in [0, 0.1) is 11.3 Å². The minimum Gasteiger partial charge on any atom is -0.308 e. The van der Waals surface area contributed by atoms with Crippen LogP contribution in [0.3, 0.4) is 0 Å². The highest BCUT2D eigenvalue weighted by atomic mass is 15.5. The molecule has 94 valence electrons. The van der Waals surface area contributed by atoms with E-state index in [-0.39, 0.29) is 6.04 Å². The third-order valence-electron chi connectivity index (χ3n) is 4.26. The van der Waals surface area contributed by atoms with E-state index in [2.05, 4.69) is 34.7 Å². The first-order chi connectivity index (χ1) is 8.25. The highest BCUT2D eigenvalue weighted by Gasteiger charge is 2.54. The van der Waals surface area contributed by atoms with Crippen molar-refractivity contribution in [2.75, 3.05) is 6.54 Å². The summed E-state index contributed by atoms with van der Waals surface area (Å²) in [6.07, 6.45) is 5.57. The second-order valence-electron chi connectivity index (χ2n) is 5.61. The van der Waals surface area contributed by atoms with E-state index in [1.807, 2.05) is 4.68 Å². The first-order valence-electron chi connectivity index (χ1n) is 6.74. The van der Waals surface area contributed by atoms with Gasteiger partial charge in [-0.1, -0.05) is 6.92 Å². The van der Waals surface area contributed by atoms with Gasteiger partial charge in [0.2, 0.25) is 0 Å². The van der Waals surface area contributed by atoms with Crippen molar-refractivity contribution in [3.05, 3.63) is 5.82 Å². The Morgan fingerprint density at radius 1 is 1.47 bits per heavy atom. The molecule has 1 atom stereocenters. The maximum atomic E-state index is 4.17. The van der Waals surface area contributed by atoms with Gasteiger partial charge in [-0.2, -0.15) is 0 Å². The van der Waals surface area contributed by atoms with Gasteiger partial charge in [-0.3, -0.25) is 0 Å². The van der Waals surface area contributed by atoms with Gasteiger partial charge < -0.3 is 5.32 Å². The van der Waals surface area contributed by atoms with Gasteiger partial charge in [0.15, 0.2) is 5.82 Å². The molecule has 0 aromatic carbocycles. The molecule has 2 aliphatic carbocycles. The number of nitrogens with zero attached hydrogens (tertiary/aromatic N) is 4. The van der Waals surface area contributed by atoms with Crippen LogP contribution >= 0.6 is 0 Å². The lowest BCUT2D eigenvalue weighted by Crippen LogP contribution is -2.24. The van der Waals surface area contributed by atoms with E-state index in [0.717, 1.165) is 24.8 Å². The molecule has 17 heavy (non-hydrogen) atoms. The van der Waals surface area contributed by atoms with Crippen LogP contribution in [0.2, 0.25) is 0 Å². The molecular weight excluding hydrogens is 214 g/mol. The molecule has 1 heterocycles. The van der Waals surface area contributed by atoms with Crippen molar-refractivity contribution in [1.29, 1.82) is 0 Å². The number of rotatable bonds is 6. The molecule has 0 bridgehead atoms. The summed E-state index contributed by atoms with van der Waals surface area (Å²) in [6.45, 7) is 6.21. The van der Waals surface area contributed by atoms with Crippen molar-refractivity contribution >= 4 is 0 Å². The van der Waals surface area contributed by atoms with Crippen molar-refractivity contribution in [2.45, 2.75) is 52.1 Å². The van der Waals surface area contributed by atoms with Crippen LogP contribution in [0.15, 0.2) is 0 Å². The lowest BCUT2D eigenvalue weighted by molar-refractivity contribution is 0.332. The number of nitrogens with one attached hydrogen (secondary N) is 1. The van der Waals surface area contributed by atoms with Gasteiger partial charge in [-0.25, -0.2) is 4.68 Å². The molecule has 3 rings (SSSR count). The molecule has 5 heteroatoms. The summed E-state index contributed by atoms with van der Waals surface area (Å²) >= 11 is 0. The molecule has 5 nitrogen and oxygen atoms in total. The molecule has 1 aromatic rings. The normalized spacial score (nSPS) is 23.6. The van der Waals surface area contributed by atoms with Crippen LogP contribution in [0.25, 0.3) is 0 Å². The largest absolute Gasteiger partial charge is 0.308 e. The minimum absolute atomic E-state index is 0.241. The average molecular weight is 235 g/mol. The number of hydrogen-bond donors (Lipinski definition) is 1. The zero-order valence-corrected chi connectivity index (χ0v) is 10.7. The summed E-state index contributed by atoms with van der Waals surface area (Å²) in [6, 6.07) is 0.241. The van der Waals surface area contributed by atoms with Crippen molar-refractivity contribution in [1.82, 2.24) is 25.5 Å². The van der Waals surface area contributed by atoms with Crippen LogP contribution in [0.1, 0.15) is 51.4 Å². The van der Waals surface area contributed by atoms with E-state index in [1.54, 1.807) is 0 Å². The summed E-state index contributed by atoms with van der Waals surface area (Å²) in [4.78, 5) is 0. The second kappa shape index (κ2) is 4.05. The lowest BCUT2D eigenvalue weighted by Gasteiger charge is -2.17. The van der Waals surface area contributed by atoms with Crippen molar-refractivity contribution in [2.24, 2.45) is 11.3 Å². The Hall–Kier alpha value is -0.970. The summed E-state index contributed by atoms with van der Waals surface area (Å²) < 4.78 is 2.03. The fourth-order valence-electron chi connectivity index (χ4n) is 2.88. The number of aromatic nitrogens is 4. The topological polar surface area (TPSA) is 55.6 Å². The summed E-state index contributed by atoms with van der Waals surface area (Å²) in [5, 5.41) is 15.6.